The lowest BCUT2D eigenvalue weighted by Crippen LogP contribution is -2.60. The molecule has 2 heteroatoms. The van der Waals surface area contributed by atoms with Crippen LogP contribution in [0.3, 0.4) is 0 Å². The first-order valence-electron chi connectivity index (χ1n) is 7.71. The second-order valence-electron chi connectivity index (χ2n) is 6.27. The first-order valence-corrected chi connectivity index (χ1v) is 7.71. The Morgan fingerprint density at radius 1 is 1.18 bits per heavy atom. The summed E-state index contributed by atoms with van der Waals surface area (Å²) >= 11 is 0. The Labute approximate surface area is 107 Å². The molecule has 1 aliphatic carbocycles. The molecule has 0 aromatic carbocycles. The molecule has 1 N–H and O–H groups in total. The van der Waals surface area contributed by atoms with Crippen LogP contribution >= 0.6 is 0 Å². The van der Waals surface area contributed by atoms with Gasteiger partial charge in [0.2, 0.25) is 0 Å². The van der Waals surface area contributed by atoms with E-state index in [-0.39, 0.29) is 0 Å². The van der Waals surface area contributed by atoms with Crippen molar-refractivity contribution in [2.24, 2.45) is 5.92 Å². The molecule has 0 aromatic rings. The summed E-state index contributed by atoms with van der Waals surface area (Å²) in [5, 5.41) is 3.83. The Morgan fingerprint density at radius 2 is 1.88 bits per heavy atom. The van der Waals surface area contributed by atoms with Crippen LogP contribution in [-0.4, -0.2) is 36.1 Å². The number of rotatable bonds is 3. The van der Waals surface area contributed by atoms with E-state index in [1.165, 1.54) is 51.6 Å². The summed E-state index contributed by atoms with van der Waals surface area (Å²) in [6, 6.07) is 2.23. The van der Waals surface area contributed by atoms with Gasteiger partial charge in [-0.05, 0) is 39.0 Å². The van der Waals surface area contributed by atoms with Crippen molar-refractivity contribution in [1.29, 1.82) is 0 Å². The SMILES string of the molecule is CCC1CNC(C2CCCCC2)CN1C(C)C. The van der Waals surface area contributed by atoms with Gasteiger partial charge in [0, 0.05) is 31.2 Å². The van der Waals surface area contributed by atoms with Gasteiger partial charge in [-0.2, -0.15) is 0 Å². The average molecular weight is 238 g/mol. The molecule has 2 atom stereocenters. The molecule has 1 saturated carbocycles. The average Bonchev–Trinajstić information content (AvgIpc) is 2.39. The summed E-state index contributed by atoms with van der Waals surface area (Å²) in [5.74, 6) is 0.947. The fourth-order valence-corrected chi connectivity index (χ4v) is 3.71. The van der Waals surface area contributed by atoms with Gasteiger partial charge in [0.25, 0.3) is 0 Å². The fourth-order valence-electron chi connectivity index (χ4n) is 3.71. The lowest BCUT2D eigenvalue weighted by molar-refractivity contribution is 0.0682. The van der Waals surface area contributed by atoms with E-state index in [0.29, 0.717) is 6.04 Å². The molecule has 0 amide bonds. The summed E-state index contributed by atoms with van der Waals surface area (Å²) in [4.78, 5) is 2.73. The molecule has 2 fully saturated rings. The lowest BCUT2D eigenvalue weighted by atomic mass is 9.82. The lowest BCUT2D eigenvalue weighted by Gasteiger charge is -2.45. The minimum atomic E-state index is 0.702. The normalized spacial score (nSPS) is 33.2. The number of piperazine rings is 1. The molecule has 2 aliphatic rings. The Balaban J connectivity index is 1.93. The Bertz CT molecular complexity index is 221. The summed E-state index contributed by atoms with van der Waals surface area (Å²) in [6.07, 6.45) is 8.58. The summed E-state index contributed by atoms with van der Waals surface area (Å²) < 4.78 is 0. The predicted molar refractivity (Wildman–Crippen MR) is 74.3 cm³/mol. The van der Waals surface area contributed by atoms with Gasteiger partial charge < -0.3 is 5.32 Å². The predicted octanol–water partition coefficient (Wildman–Crippen LogP) is 3.03. The van der Waals surface area contributed by atoms with Crippen LogP contribution in [0, 0.1) is 5.92 Å². The van der Waals surface area contributed by atoms with Gasteiger partial charge in [0.05, 0.1) is 0 Å². The van der Waals surface area contributed by atoms with Crippen LogP contribution in [0.2, 0.25) is 0 Å². The molecule has 0 radical (unpaired) electrons. The molecular formula is C15H30N2. The highest BCUT2D eigenvalue weighted by atomic mass is 15.2. The molecule has 17 heavy (non-hydrogen) atoms. The van der Waals surface area contributed by atoms with Crippen molar-refractivity contribution in [3.8, 4) is 0 Å². The molecule has 0 aromatic heterocycles. The monoisotopic (exact) mass is 238 g/mol. The van der Waals surface area contributed by atoms with E-state index in [1.807, 2.05) is 0 Å². The minimum absolute atomic E-state index is 0.702. The van der Waals surface area contributed by atoms with Crippen molar-refractivity contribution < 1.29 is 0 Å². The quantitative estimate of drug-likeness (QED) is 0.813. The molecule has 0 bridgehead atoms. The van der Waals surface area contributed by atoms with E-state index in [1.54, 1.807) is 0 Å². The molecule has 1 saturated heterocycles. The van der Waals surface area contributed by atoms with Crippen molar-refractivity contribution in [3.63, 3.8) is 0 Å². The van der Waals surface area contributed by atoms with Crippen LogP contribution in [0.1, 0.15) is 59.3 Å². The van der Waals surface area contributed by atoms with Gasteiger partial charge in [-0.25, -0.2) is 0 Å². The maximum Gasteiger partial charge on any atom is 0.0224 e. The van der Waals surface area contributed by atoms with Gasteiger partial charge in [0.15, 0.2) is 0 Å². The topological polar surface area (TPSA) is 15.3 Å². The highest BCUT2D eigenvalue weighted by molar-refractivity contribution is 4.91. The zero-order chi connectivity index (χ0) is 12.3. The molecule has 2 rings (SSSR count). The number of nitrogens with one attached hydrogen (secondary N) is 1. The van der Waals surface area contributed by atoms with Gasteiger partial charge in [-0.1, -0.05) is 26.2 Å². The molecule has 100 valence electrons. The molecule has 2 unspecified atom stereocenters. The highest BCUT2D eigenvalue weighted by Crippen LogP contribution is 2.29. The van der Waals surface area contributed by atoms with E-state index >= 15 is 0 Å². The van der Waals surface area contributed by atoms with Crippen LogP contribution in [0.4, 0.5) is 0 Å². The van der Waals surface area contributed by atoms with Gasteiger partial charge in [-0.15, -0.1) is 0 Å². The van der Waals surface area contributed by atoms with Crippen molar-refractivity contribution in [2.45, 2.75) is 77.4 Å². The summed E-state index contributed by atoms with van der Waals surface area (Å²) in [5.41, 5.74) is 0. The molecule has 0 spiro atoms. The Morgan fingerprint density at radius 3 is 2.47 bits per heavy atom. The van der Waals surface area contributed by atoms with Crippen molar-refractivity contribution >= 4 is 0 Å². The van der Waals surface area contributed by atoms with E-state index in [0.717, 1.165) is 18.0 Å². The highest BCUT2D eigenvalue weighted by Gasteiger charge is 2.32. The summed E-state index contributed by atoms with van der Waals surface area (Å²) in [7, 11) is 0. The van der Waals surface area contributed by atoms with Gasteiger partial charge in [0.1, 0.15) is 0 Å². The first-order chi connectivity index (χ1) is 8.22. The zero-order valence-electron chi connectivity index (χ0n) is 11.9. The van der Waals surface area contributed by atoms with Crippen LogP contribution in [-0.2, 0) is 0 Å². The third-order valence-electron chi connectivity index (χ3n) is 4.85. The molecule has 1 aliphatic heterocycles. The second kappa shape index (κ2) is 6.19. The van der Waals surface area contributed by atoms with Gasteiger partial charge in [-0.3, -0.25) is 4.90 Å². The van der Waals surface area contributed by atoms with E-state index in [2.05, 4.69) is 31.0 Å². The van der Waals surface area contributed by atoms with Gasteiger partial charge >= 0.3 is 0 Å². The van der Waals surface area contributed by atoms with E-state index in [9.17, 15) is 0 Å². The zero-order valence-corrected chi connectivity index (χ0v) is 11.9. The largest absolute Gasteiger partial charge is 0.311 e. The van der Waals surface area contributed by atoms with Crippen molar-refractivity contribution in [3.05, 3.63) is 0 Å². The number of nitrogens with zero attached hydrogens (tertiary/aromatic N) is 1. The van der Waals surface area contributed by atoms with Crippen LogP contribution in [0.25, 0.3) is 0 Å². The third-order valence-corrected chi connectivity index (χ3v) is 4.85. The minimum Gasteiger partial charge on any atom is -0.311 e. The van der Waals surface area contributed by atoms with Crippen LogP contribution in [0.5, 0.6) is 0 Å². The van der Waals surface area contributed by atoms with Crippen molar-refractivity contribution in [1.82, 2.24) is 10.2 Å². The third kappa shape index (κ3) is 3.23. The fraction of sp³-hybridized carbons (Fsp3) is 1.00. The Hall–Kier alpha value is -0.0800. The maximum atomic E-state index is 3.83. The maximum absolute atomic E-state index is 3.83. The smallest absolute Gasteiger partial charge is 0.0224 e. The second-order valence-corrected chi connectivity index (χ2v) is 6.27. The number of hydrogen-bond donors (Lipinski definition) is 1. The van der Waals surface area contributed by atoms with Crippen LogP contribution < -0.4 is 5.32 Å². The molecular weight excluding hydrogens is 208 g/mol. The standard InChI is InChI=1S/C15H30N2/c1-4-14-10-16-15(11-17(14)12(2)3)13-8-6-5-7-9-13/h12-16H,4-11H2,1-3H3. The molecule has 2 nitrogen and oxygen atoms in total. The first kappa shape index (κ1) is 13.4. The number of hydrogen-bond acceptors (Lipinski definition) is 2. The van der Waals surface area contributed by atoms with Crippen molar-refractivity contribution in [2.75, 3.05) is 13.1 Å². The van der Waals surface area contributed by atoms with E-state index < -0.39 is 0 Å². The Kier molecular flexibility index (Phi) is 4.87. The van der Waals surface area contributed by atoms with E-state index in [4.69, 9.17) is 0 Å². The van der Waals surface area contributed by atoms with Crippen LogP contribution in [0.15, 0.2) is 0 Å². The molecule has 1 heterocycles. The summed E-state index contributed by atoms with van der Waals surface area (Å²) in [6.45, 7) is 9.51.